The Morgan fingerprint density at radius 2 is 2.00 bits per heavy atom. The van der Waals surface area contributed by atoms with Crippen molar-refractivity contribution in [3.63, 3.8) is 0 Å². The minimum absolute atomic E-state index is 0.215. The number of rotatable bonds is 2. The van der Waals surface area contributed by atoms with Gasteiger partial charge >= 0.3 is 0 Å². The molecule has 0 saturated heterocycles. The van der Waals surface area contributed by atoms with Gasteiger partial charge in [-0.15, -0.1) is 0 Å². The molecule has 0 saturated carbocycles. The summed E-state index contributed by atoms with van der Waals surface area (Å²) in [5.41, 5.74) is 8.43. The summed E-state index contributed by atoms with van der Waals surface area (Å²) in [6.45, 7) is 1.89. The van der Waals surface area contributed by atoms with Crippen molar-refractivity contribution in [3.05, 3.63) is 57.0 Å². The van der Waals surface area contributed by atoms with Crippen molar-refractivity contribution < 1.29 is 4.79 Å². The number of hydrogen-bond acceptors (Lipinski definition) is 2. The standard InChI is InChI=1S/C14H12BrClN2O/c1-8-4-9(6-10(16)5-8)14(19)18-11-2-3-12(15)13(17)7-11/h2-7H,17H2,1H3,(H,18,19). The van der Waals surface area contributed by atoms with E-state index < -0.39 is 0 Å². The third-order valence-corrected chi connectivity index (χ3v) is 3.50. The largest absolute Gasteiger partial charge is 0.398 e. The summed E-state index contributed by atoms with van der Waals surface area (Å²) in [7, 11) is 0. The molecule has 19 heavy (non-hydrogen) atoms. The van der Waals surface area contributed by atoms with Crippen LogP contribution in [0.3, 0.4) is 0 Å². The Kier molecular flexibility index (Phi) is 4.12. The molecule has 0 aliphatic rings. The van der Waals surface area contributed by atoms with Crippen LogP contribution in [0.5, 0.6) is 0 Å². The van der Waals surface area contributed by atoms with Crippen molar-refractivity contribution in [2.45, 2.75) is 6.92 Å². The van der Waals surface area contributed by atoms with Crippen molar-refractivity contribution in [1.29, 1.82) is 0 Å². The van der Waals surface area contributed by atoms with E-state index in [4.69, 9.17) is 17.3 Å². The number of carbonyl (C=O) groups excluding carboxylic acids is 1. The number of nitrogen functional groups attached to an aromatic ring is 1. The van der Waals surface area contributed by atoms with Gasteiger partial charge in [-0.25, -0.2) is 0 Å². The zero-order valence-corrected chi connectivity index (χ0v) is 12.5. The lowest BCUT2D eigenvalue weighted by molar-refractivity contribution is 0.102. The third kappa shape index (κ3) is 3.49. The maximum Gasteiger partial charge on any atom is 0.255 e. The Morgan fingerprint density at radius 3 is 2.63 bits per heavy atom. The lowest BCUT2D eigenvalue weighted by atomic mass is 10.1. The molecule has 98 valence electrons. The molecule has 0 heterocycles. The number of halogens is 2. The Bertz CT molecular complexity index is 623. The van der Waals surface area contributed by atoms with E-state index in [1.54, 1.807) is 36.4 Å². The van der Waals surface area contributed by atoms with Gasteiger partial charge in [-0.05, 0) is 64.8 Å². The predicted molar refractivity (Wildman–Crippen MR) is 82.7 cm³/mol. The van der Waals surface area contributed by atoms with E-state index in [0.717, 1.165) is 10.0 Å². The lowest BCUT2D eigenvalue weighted by Crippen LogP contribution is -2.12. The average molecular weight is 340 g/mol. The van der Waals surface area contributed by atoms with Crippen LogP contribution < -0.4 is 11.1 Å². The molecule has 0 unspecified atom stereocenters. The maximum absolute atomic E-state index is 12.1. The monoisotopic (exact) mass is 338 g/mol. The summed E-state index contributed by atoms with van der Waals surface area (Å²) < 4.78 is 0.795. The number of nitrogens with two attached hydrogens (primary N) is 1. The van der Waals surface area contributed by atoms with Crippen LogP contribution in [0.25, 0.3) is 0 Å². The molecule has 1 amide bonds. The van der Waals surface area contributed by atoms with Crippen LogP contribution >= 0.6 is 27.5 Å². The summed E-state index contributed by atoms with van der Waals surface area (Å²) in [5, 5.41) is 3.32. The highest BCUT2D eigenvalue weighted by Gasteiger charge is 2.08. The number of carbonyl (C=O) groups is 1. The number of nitrogens with one attached hydrogen (secondary N) is 1. The fourth-order valence-corrected chi connectivity index (χ4v) is 2.23. The normalized spacial score (nSPS) is 10.3. The van der Waals surface area contributed by atoms with Gasteiger partial charge in [0.2, 0.25) is 0 Å². The van der Waals surface area contributed by atoms with E-state index >= 15 is 0 Å². The summed E-state index contributed by atoms with van der Waals surface area (Å²) in [5.74, 6) is -0.215. The lowest BCUT2D eigenvalue weighted by Gasteiger charge is -2.08. The van der Waals surface area contributed by atoms with E-state index in [1.807, 2.05) is 6.92 Å². The molecular formula is C14H12BrClN2O. The molecule has 3 nitrogen and oxygen atoms in total. The molecule has 2 aromatic rings. The van der Waals surface area contributed by atoms with Gasteiger partial charge in [0, 0.05) is 26.4 Å². The minimum atomic E-state index is -0.215. The van der Waals surface area contributed by atoms with Gasteiger partial charge in [0.15, 0.2) is 0 Å². The molecule has 0 aliphatic heterocycles. The SMILES string of the molecule is Cc1cc(Cl)cc(C(=O)Nc2ccc(Br)c(N)c2)c1. The second-order valence-corrected chi connectivity index (χ2v) is 5.50. The van der Waals surface area contributed by atoms with Crippen molar-refractivity contribution in [3.8, 4) is 0 Å². The zero-order chi connectivity index (χ0) is 14.0. The highest BCUT2D eigenvalue weighted by molar-refractivity contribution is 9.10. The molecule has 0 radical (unpaired) electrons. The van der Waals surface area contributed by atoms with Crippen LogP contribution in [0.2, 0.25) is 5.02 Å². The topological polar surface area (TPSA) is 55.1 Å². The fraction of sp³-hybridized carbons (Fsp3) is 0.0714. The predicted octanol–water partition coefficient (Wildman–Crippen LogP) is 4.25. The minimum Gasteiger partial charge on any atom is -0.398 e. The van der Waals surface area contributed by atoms with Crippen LogP contribution in [0.4, 0.5) is 11.4 Å². The molecule has 0 aliphatic carbocycles. The van der Waals surface area contributed by atoms with E-state index in [9.17, 15) is 4.79 Å². The first-order chi connectivity index (χ1) is 8.95. The van der Waals surface area contributed by atoms with Crippen molar-refractivity contribution >= 4 is 44.8 Å². The summed E-state index contributed by atoms with van der Waals surface area (Å²) in [4.78, 5) is 12.1. The van der Waals surface area contributed by atoms with Gasteiger partial charge < -0.3 is 11.1 Å². The summed E-state index contributed by atoms with van der Waals surface area (Å²) >= 11 is 9.24. The zero-order valence-electron chi connectivity index (χ0n) is 10.2. The van der Waals surface area contributed by atoms with Gasteiger partial charge in [0.05, 0.1) is 0 Å². The number of aryl methyl sites for hydroxylation is 1. The first-order valence-electron chi connectivity index (χ1n) is 5.59. The molecular weight excluding hydrogens is 328 g/mol. The molecule has 2 rings (SSSR count). The average Bonchev–Trinajstić information content (AvgIpc) is 2.32. The quantitative estimate of drug-likeness (QED) is 0.804. The molecule has 0 bridgehead atoms. The second-order valence-electron chi connectivity index (χ2n) is 4.21. The molecule has 2 aromatic carbocycles. The van der Waals surface area contributed by atoms with E-state index in [0.29, 0.717) is 22.0 Å². The third-order valence-electron chi connectivity index (χ3n) is 2.56. The first-order valence-corrected chi connectivity index (χ1v) is 6.76. The molecule has 0 fully saturated rings. The van der Waals surface area contributed by atoms with Crippen molar-refractivity contribution in [2.24, 2.45) is 0 Å². The molecule has 3 N–H and O–H groups in total. The molecule has 0 spiro atoms. The first kappa shape index (κ1) is 13.9. The van der Waals surface area contributed by atoms with Crippen LogP contribution in [0, 0.1) is 6.92 Å². The second kappa shape index (κ2) is 5.63. The van der Waals surface area contributed by atoms with Gasteiger partial charge in [0.1, 0.15) is 0 Å². The summed E-state index contributed by atoms with van der Waals surface area (Å²) in [6, 6.07) is 10.5. The number of anilines is 2. The van der Waals surface area contributed by atoms with E-state index in [2.05, 4.69) is 21.2 Å². The molecule has 5 heteroatoms. The Balaban J connectivity index is 2.22. The van der Waals surface area contributed by atoms with Crippen molar-refractivity contribution in [2.75, 3.05) is 11.1 Å². The number of amides is 1. The van der Waals surface area contributed by atoms with Crippen LogP contribution in [-0.4, -0.2) is 5.91 Å². The van der Waals surface area contributed by atoms with Crippen LogP contribution in [0.1, 0.15) is 15.9 Å². The Hall–Kier alpha value is -1.52. The fourth-order valence-electron chi connectivity index (χ4n) is 1.69. The van der Waals surface area contributed by atoms with Gasteiger partial charge in [-0.2, -0.15) is 0 Å². The van der Waals surface area contributed by atoms with E-state index in [1.165, 1.54) is 0 Å². The van der Waals surface area contributed by atoms with Crippen molar-refractivity contribution in [1.82, 2.24) is 0 Å². The highest BCUT2D eigenvalue weighted by atomic mass is 79.9. The Labute approximate surface area is 124 Å². The van der Waals surface area contributed by atoms with E-state index in [-0.39, 0.29) is 5.91 Å². The number of benzene rings is 2. The molecule has 0 atom stereocenters. The summed E-state index contributed by atoms with van der Waals surface area (Å²) in [6.07, 6.45) is 0. The smallest absolute Gasteiger partial charge is 0.255 e. The van der Waals surface area contributed by atoms with Gasteiger partial charge in [0.25, 0.3) is 5.91 Å². The highest BCUT2D eigenvalue weighted by Crippen LogP contribution is 2.23. The number of hydrogen-bond donors (Lipinski definition) is 2. The van der Waals surface area contributed by atoms with Gasteiger partial charge in [-0.1, -0.05) is 11.6 Å². The maximum atomic E-state index is 12.1. The van der Waals surface area contributed by atoms with Gasteiger partial charge in [-0.3, -0.25) is 4.79 Å². The van der Waals surface area contributed by atoms with Crippen LogP contribution in [-0.2, 0) is 0 Å². The Morgan fingerprint density at radius 1 is 1.26 bits per heavy atom. The van der Waals surface area contributed by atoms with Crippen LogP contribution in [0.15, 0.2) is 40.9 Å². The molecule has 0 aromatic heterocycles.